The van der Waals surface area contributed by atoms with Crippen LogP contribution in [0.3, 0.4) is 0 Å². The van der Waals surface area contributed by atoms with E-state index in [0.29, 0.717) is 0 Å². The number of ketones is 1. The van der Waals surface area contributed by atoms with Crippen LogP contribution in [0.5, 0.6) is 0 Å². The van der Waals surface area contributed by atoms with Gasteiger partial charge in [-0.25, -0.2) is 4.98 Å². The van der Waals surface area contributed by atoms with Crippen molar-refractivity contribution in [2.75, 3.05) is 0 Å². The van der Waals surface area contributed by atoms with Gasteiger partial charge < -0.3 is 4.57 Å². The number of benzene rings is 4. The summed E-state index contributed by atoms with van der Waals surface area (Å²) < 4.78 is 2.29. The van der Waals surface area contributed by atoms with Crippen LogP contribution in [0.15, 0.2) is 146 Å². The first-order chi connectivity index (χ1) is 19.8. The molecule has 1 aliphatic carbocycles. The number of rotatable bonds is 8. The van der Waals surface area contributed by atoms with E-state index < -0.39 is 5.54 Å². The van der Waals surface area contributed by atoms with Crippen LogP contribution in [0.25, 0.3) is 11.6 Å². The minimum absolute atomic E-state index is 0.0797. The number of carbonyl (C=O) groups excluding carboxylic acids is 1. The summed E-state index contributed by atoms with van der Waals surface area (Å²) in [5, 5.41) is 0. The topological polar surface area (TPSA) is 34.9 Å². The highest BCUT2D eigenvalue weighted by molar-refractivity contribution is 6.11. The SMILES string of the molecule is O=C(C=Cc1ccccc1)C1=C(c2cncn2C(c2ccccc2)(c2ccccc2)c2ccccc2)CCCC1. The second-order valence-corrected chi connectivity index (χ2v) is 10.2. The summed E-state index contributed by atoms with van der Waals surface area (Å²) >= 11 is 0. The second kappa shape index (κ2) is 11.5. The Morgan fingerprint density at radius 2 is 1.18 bits per heavy atom. The number of hydrogen-bond acceptors (Lipinski definition) is 2. The van der Waals surface area contributed by atoms with Gasteiger partial charge in [0, 0.05) is 5.57 Å². The normalized spacial score (nSPS) is 14.0. The molecule has 5 aromatic rings. The summed E-state index contributed by atoms with van der Waals surface area (Å²) in [5.74, 6) is 0.0797. The maximum atomic E-state index is 13.7. The summed E-state index contributed by atoms with van der Waals surface area (Å²) in [5.41, 5.74) is 6.75. The van der Waals surface area contributed by atoms with Gasteiger partial charge in [0.1, 0.15) is 5.54 Å². The van der Waals surface area contributed by atoms with E-state index in [1.165, 1.54) is 0 Å². The highest BCUT2D eigenvalue weighted by Gasteiger charge is 2.40. The van der Waals surface area contributed by atoms with E-state index >= 15 is 0 Å². The van der Waals surface area contributed by atoms with Crippen molar-refractivity contribution in [1.29, 1.82) is 0 Å². The van der Waals surface area contributed by atoms with Crippen LogP contribution < -0.4 is 0 Å². The monoisotopic (exact) mass is 520 g/mol. The zero-order valence-corrected chi connectivity index (χ0v) is 22.5. The Morgan fingerprint density at radius 1 is 0.675 bits per heavy atom. The van der Waals surface area contributed by atoms with E-state index in [0.717, 1.165) is 64.8 Å². The quantitative estimate of drug-likeness (QED) is 0.152. The lowest BCUT2D eigenvalue weighted by Gasteiger charge is -2.39. The molecule has 3 heteroatoms. The number of imidazole rings is 1. The van der Waals surface area contributed by atoms with Gasteiger partial charge in [-0.05, 0) is 59.6 Å². The molecule has 1 aromatic heterocycles. The fourth-order valence-corrected chi connectivity index (χ4v) is 6.04. The fourth-order valence-electron chi connectivity index (χ4n) is 6.04. The Hall–Kier alpha value is -4.76. The largest absolute Gasteiger partial charge is 0.312 e. The number of allylic oxidation sites excluding steroid dienone is 3. The van der Waals surface area contributed by atoms with Crippen molar-refractivity contribution in [3.05, 3.63) is 173 Å². The van der Waals surface area contributed by atoms with Crippen molar-refractivity contribution < 1.29 is 4.79 Å². The molecule has 1 aliphatic rings. The molecule has 0 aliphatic heterocycles. The molecule has 0 saturated heterocycles. The first-order valence-electron chi connectivity index (χ1n) is 14.0. The summed E-state index contributed by atoms with van der Waals surface area (Å²) in [7, 11) is 0. The molecule has 0 N–H and O–H groups in total. The van der Waals surface area contributed by atoms with Gasteiger partial charge in [-0.2, -0.15) is 0 Å². The first kappa shape index (κ1) is 25.5. The molecule has 0 radical (unpaired) electrons. The molecule has 1 heterocycles. The minimum atomic E-state index is -0.673. The predicted molar refractivity (Wildman–Crippen MR) is 163 cm³/mol. The minimum Gasteiger partial charge on any atom is -0.312 e. The third kappa shape index (κ3) is 4.76. The maximum Gasteiger partial charge on any atom is 0.182 e. The van der Waals surface area contributed by atoms with E-state index in [2.05, 4.69) is 95.6 Å². The standard InChI is InChI=1S/C37H32N2O/c40-36(26-25-29-15-5-1-6-16-29)34-24-14-13-23-33(34)35-27-38-28-39(35)37(30-17-7-2-8-18-30,31-19-9-3-10-20-31)32-21-11-4-12-22-32/h1-12,15-22,25-28H,13-14,23-24H2. The Labute approximate surface area is 236 Å². The zero-order valence-electron chi connectivity index (χ0n) is 22.5. The van der Waals surface area contributed by atoms with Gasteiger partial charge in [0.25, 0.3) is 0 Å². The Balaban J connectivity index is 1.58. The highest BCUT2D eigenvalue weighted by atomic mass is 16.1. The van der Waals surface area contributed by atoms with Gasteiger partial charge in [-0.3, -0.25) is 4.79 Å². The lowest BCUT2D eigenvalue weighted by Crippen LogP contribution is -2.38. The van der Waals surface area contributed by atoms with Gasteiger partial charge in [-0.15, -0.1) is 0 Å². The van der Waals surface area contributed by atoms with Crippen LogP contribution in [0.1, 0.15) is 53.6 Å². The smallest absolute Gasteiger partial charge is 0.182 e. The molecular formula is C37H32N2O. The summed E-state index contributed by atoms with van der Waals surface area (Å²) in [6.45, 7) is 0. The van der Waals surface area contributed by atoms with Crippen molar-refractivity contribution in [1.82, 2.24) is 9.55 Å². The molecule has 0 atom stereocenters. The number of hydrogen-bond donors (Lipinski definition) is 0. The van der Waals surface area contributed by atoms with Crippen molar-refractivity contribution in [3.8, 4) is 0 Å². The van der Waals surface area contributed by atoms with Crippen LogP contribution in [-0.2, 0) is 10.3 Å². The predicted octanol–water partition coefficient (Wildman–Crippen LogP) is 8.33. The molecule has 3 nitrogen and oxygen atoms in total. The molecule has 0 saturated carbocycles. The third-order valence-corrected chi connectivity index (χ3v) is 7.88. The van der Waals surface area contributed by atoms with Crippen LogP contribution in [-0.4, -0.2) is 15.3 Å². The Morgan fingerprint density at radius 3 is 1.73 bits per heavy atom. The first-order valence-corrected chi connectivity index (χ1v) is 14.0. The molecule has 0 fully saturated rings. The summed E-state index contributed by atoms with van der Waals surface area (Å²) in [4.78, 5) is 18.4. The second-order valence-electron chi connectivity index (χ2n) is 10.2. The van der Waals surface area contributed by atoms with Crippen molar-refractivity contribution in [2.45, 2.75) is 31.2 Å². The maximum absolute atomic E-state index is 13.7. The van der Waals surface area contributed by atoms with Crippen molar-refractivity contribution in [3.63, 3.8) is 0 Å². The van der Waals surface area contributed by atoms with Gasteiger partial charge in [0.15, 0.2) is 5.78 Å². The Bertz CT molecular complexity index is 1540. The molecule has 6 rings (SSSR count). The van der Waals surface area contributed by atoms with Crippen LogP contribution >= 0.6 is 0 Å². The lowest BCUT2D eigenvalue weighted by molar-refractivity contribution is -0.111. The molecule has 196 valence electrons. The van der Waals surface area contributed by atoms with Crippen LogP contribution in [0, 0.1) is 0 Å². The van der Waals surface area contributed by atoms with Gasteiger partial charge in [0.05, 0.1) is 18.2 Å². The summed E-state index contributed by atoms with van der Waals surface area (Å²) in [6, 6.07) is 41.9. The van der Waals surface area contributed by atoms with E-state index in [1.807, 2.05) is 48.9 Å². The molecular weight excluding hydrogens is 488 g/mol. The van der Waals surface area contributed by atoms with Crippen LogP contribution in [0.4, 0.5) is 0 Å². The highest BCUT2D eigenvalue weighted by Crippen LogP contribution is 2.44. The van der Waals surface area contributed by atoms with E-state index in [9.17, 15) is 4.79 Å². The molecule has 0 spiro atoms. The zero-order chi connectivity index (χ0) is 27.2. The number of aromatic nitrogens is 2. The Kier molecular flexibility index (Phi) is 7.37. The average Bonchev–Trinajstić information content (AvgIpc) is 3.52. The van der Waals surface area contributed by atoms with Gasteiger partial charge >= 0.3 is 0 Å². The molecule has 40 heavy (non-hydrogen) atoms. The fraction of sp³-hybridized carbons (Fsp3) is 0.135. The average molecular weight is 521 g/mol. The molecule has 0 amide bonds. The van der Waals surface area contributed by atoms with Gasteiger partial charge in [0.2, 0.25) is 0 Å². The number of nitrogens with zero attached hydrogens (tertiary/aromatic N) is 2. The van der Waals surface area contributed by atoms with E-state index in [1.54, 1.807) is 6.08 Å². The molecule has 0 bridgehead atoms. The van der Waals surface area contributed by atoms with Crippen molar-refractivity contribution >= 4 is 17.4 Å². The molecule has 0 unspecified atom stereocenters. The lowest BCUT2D eigenvalue weighted by atomic mass is 9.76. The third-order valence-electron chi connectivity index (χ3n) is 7.88. The van der Waals surface area contributed by atoms with Crippen LogP contribution in [0.2, 0.25) is 0 Å². The summed E-state index contributed by atoms with van der Waals surface area (Å²) in [6.07, 6.45) is 11.2. The number of carbonyl (C=O) groups is 1. The van der Waals surface area contributed by atoms with E-state index in [-0.39, 0.29) is 5.78 Å². The van der Waals surface area contributed by atoms with Gasteiger partial charge in [-0.1, -0.05) is 127 Å². The molecule has 4 aromatic carbocycles. The van der Waals surface area contributed by atoms with E-state index in [4.69, 9.17) is 4.98 Å². The van der Waals surface area contributed by atoms with Crippen molar-refractivity contribution in [2.24, 2.45) is 0 Å².